The van der Waals surface area contributed by atoms with E-state index < -0.39 is 0 Å². The number of carbonyl (C=O) groups is 1. The normalized spacial score (nSPS) is 18.6. The summed E-state index contributed by atoms with van der Waals surface area (Å²) in [4.78, 5) is 11.1. The maximum atomic E-state index is 11.1. The van der Waals surface area contributed by atoms with Gasteiger partial charge in [-0.1, -0.05) is 13.8 Å². The summed E-state index contributed by atoms with van der Waals surface area (Å²) in [6.07, 6.45) is 0.660. The molecule has 0 radical (unpaired) electrons. The predicted octanol–water partition coefficient (Wildman–Crippen LogP) is 1.89. The van der Waals surface area contributed by atoms with Crippen LogP contribution in [0.4, 0.5) is 0 Å². The van der Waals surface area contributed by atoms with Crippen LogP contribution in [0, 0.1) is 0 Å². The molecule has 0 saturated carbocycles. The molecule has 0 aromatic heterocycles. The van der Waals surface area contributed by atoms with Crippen molar-refractivity contribution >= 4 is 5.91 Å². The van der Waals surface area contributed by atoms with Crippen LogP contribution in [0.5, 0.6) is 0 Å². The van der Waals surface area contributed by atoms with Gasteiger partial charge in [-0.05, 0) is 20.8 Å². The molecule has 0 spiro atoms. The molecule has 0 aliphatic carbocycles. The smallest absolute Gasteiger partial charge is 0.237 e. The first-order chi connectivity index (χ1) is 5.93. The average Bonchev–Trinajstić information content (AvgIpc) is 2.36. The van der Waals surface area contributed by atoms with Gasteiger partial charge in [-0.2, -0.15) is 0 Å². The largest absolute Gasteiger partial charge is 0.278 e. The van der Waals surface area contributed by atoms with E-state index in [0.29, 0.717) is 6.42 Å². The van der Waals surface area contributed by atoms with Crippen molar-refractivity contribution in [1.29, 1.82) is 0 Å². The zero-order valence-corrected chi connectivity index (χ0v) is 9.72. The van der Waals surface area contributed by atoms with Crippen molar-refractivity contribution in [3.63, 3.8) is 0 Å². The minimum absolute atomic E-state index is 0.0703. The molecule has 1 aliphatic heterocycles. The second-order valence-corrected chi connectivity index (χ2v) is 3.96. The monoisotopic (exact) mass is 186 g/mol. The third kappa shape index (κ3) is 2.99. The van der Waals surface area contributed by atoms with Gasteiger partial charge in [0.25, 0.3) is 0 Å². The van der Waals surface area contributed by atoms with Gasteiger partial charge in [0.2, 0.25) is 5.91 Å². The third-order valence-corrected chi connectivity index (χ3v) is 2.03. The summed E-state index contributed by atoms with van der Waals surface area (Å²) < 4.78 is 0. The Morgan fingerprint density at radius 3 is 1.85 bits per heavy atom. The number of amides is 1. The molecule has 3 nitrogen and oxygen atoms in total. The van der Waals surface area contributed by atoms with Gasteiger partial charge >= 0.3 is 0 Å². The Morgan fingerprint density at radius 2 is 1.69 bits per heavy atom. The fourth-order valence-electron chi connectivity index (χ4n) is 1.43. The Kier molecular flexibility index (Phi) is 4.40. The van der Waals surface area contributed by atoms with E-state index in [1.165, 1.54) is 0 Å². The lowest BCUT2D eigenvalue weighted by atomic mass is 10.1. The second kappa shape index (κ2) is 4.61. The number of hydrogen-bond acceptors (Lipinski definition) is 2. The quantitative estimate of drug-likeness (QED) is 0.577. The van der Waals surface area contributed by atoms with Crippen molar-refractivity contribution in [3.05, 3.63) is 0 Å². The van der Waals surface area contributed by atoms with Crippen LogP contribution in [-0.2, 0) is 4.79 Å². The van der Waals surface area contributed by atoms with Crippen LogP contribution in [0.15, 0.2) is 0 Å². The SMILES string of the molecule is CC.CN1C(=O)CCN1C(C)(C)C. The van der Waals surface area contributed by atoms with E-state index in [1.807, 2.05) is 20.9 Å². The topological polar surface area (TPSA) is 23.6 Å². The van der Waals surface area contributed by atoms with Gasteiger partial charge in [0.05, 0.1) is 0 Å². The molecule has 1 amide bonds. The van der Waals surface area contributed by atoms with E-state index in [0.717, 1.165) is 6.54 Å². The molecule has 0 aromatic carbocycles. The summed E-state index contributed by atoms with van der Waals surface area (Å²) in [6, 6.07) is 0. The fourth-order valence-corrected chi connectivity index (χ4v) is 1.43. The Hall–Kier alpha value is -0.570. The van der Waals surface area contributed by atoms with Gasteiger partial charge in [0.1, 0.15) is 0 Å². The molecule has 0 atom stereocenters. The molecule has 0 N–H and O–H groups in total. The summed E-state index contributed by atoms with van der Waals surface area (Å²) in [6.45, 7) is 11.2. The highest BCUT2D eigenvalue weighted by Crippen LogP contribution is 2.20. The van der Waals surface area contributed by atoms with Crippen molar-refractivity contribution in [3.8, 4) is 0 Å². The van der Waals surface area contributed by atoms with Gasteiger partial charge < -0.3 is 0 Å². The van der Waals surface area contributed by atoms with Crippen molar-refractivity contribution in [2.24, 2.45) is 0 Å². The van der Waals surface area contributed by atoms with Gasteiger partial charge in [0, 0.05) is 25.6 Å². The molecule has 1 heterocycles. The summed E-state index contributed by atoms with van der Waals surface area (Å²) in [7, 11) is 1.83. The number of hydrogen-bond donors (Lipinski definition) is 0. The minimum Gasteiger partial charge on any atom is -0.278 e. The fraction of sp³-hybridized carbons (Fsp3) is 0.900. The summed E-state index contributed by atoms with van der Waals surface area (Å²) >= 11 is 0. The standard InChI is InChI=1S/C8H16N2O.C2H6/c1-8(2,3)10-6-5-7(11)9(10)4;1-2/h5-6H2,1-4H3;1-2H3. The molecule has 1 fully saturated rings. The Balaban J connectivity index is 0.000000671. The number of nitrogens with zero attached hydrogens (tertiary/aromatic N) is 2. The highest BCUT2D eigenvalue weighted by atomic mass is 16.2. The van der Waals surface area contributed by atoms with Crippen molar-refractivity contribution in [2.75, 3.05) is 13.6 Å². The summed E-state index contributed by atoms with van der Waals surface area (Å²) in [5.74, 6) is 0.222. The van der Waals surface area contributed by atoms with Crippen LogP contribution < -0.4 is 0 Å². The lowest BCUT2D eigenvalue weighted by Gasteiger charge is -2.36. The zero-order chi connectivity index (χ0) is 10.6. The lowest BCUT2D eigenvalue weighted by molar-refractivity contribution is -0.140. The van der Waals surface area contributed by atoms with Crippen molar-refractivity contribution < 1.29 is 4.79 Å². The second-order valence-electron chi connectivity index (χ2n) is 3.96. The third-order valence-electron chi connectivity index (χ3n) is 2.03. The van der Waals surface area contributed by atoms with Crippen LogP contribution >= 0.6 is 0 Å². The molecule has 0 unspecified atom stereocenters. The first kappa shape index (κ1) is 12.4. The number of carbonyl (C=O) groups excluding carboxylic acids is 1. The highest BCUT2D eigenvalue weighted by Gasteiger charge is 2.33. The van der Waals surface area contributed by atoms with Gasteiger partial charge in [-0.25, -0.2) is 5.01 Å². The first-order valence-corrected chi connectivity index (χ1v) is 4.97. The predicted molar refractivity (Wildman–Crippen MR) is 55.2 cm³/mol. The van der Waals surface area contributed by atoms with E-state index in [4.69, 9.17) is 0 Å². The Bertz CT molecular complexity index is 172. The summed E-state index contributed by atoms with van der Waals surface area (Å²) in [5.41, 5.74) is 0.0703. The molecule has 3 heteroatoms. The Morgan fingerprint density at radius 1 is 1.23 bits per heavy atom. The molecule has 0 bridgehead atoms. The highest BCUT2D eigenvalue weighted by molar-refractivity contribution is 5.77. The van der Waals surface area contributed by atoms with Crippen LogP contribution in [0.3, 0.4) is 0 Å². The lowest BCUT2D eigenvalue weighted by Crippen LogP contribution is -2.47. The Labute approximate surface area is 81.7 Å². The molecule has 0 aromatic rings. The van der Waals surface area contributed by atoms with Crippen LogP contribution in [-0.4, -0.2) is 35.1 Å². The van der Waals surface area contributed by atoms with E-state index in [1.54, 1.807) is 5.01 Å². The first-order valence-electron chi connectivity index (χ1n) is 4.97. The summed E-state index contributed by atoms with van der Waals surface area (Å²) in [5, 5.41) is 3.81. The number of rotatable bonds is 0. The maximum Gasteiger partial charge on any atom is 0.237 e. The van der Waals surface area contributed by atoms with E-state index in [-0.39, 0.29) is 11.4 Å². The van der Waals surface area contributed by atoms with Crippen LogP contribution in [0.2, 0.25) is 0 Å². The zero-order valence-electron chi connectivity index (χ0n) is 9.72. The molecular formula is C10H22N2O. The van der Waals surface area contributed by atoms with Crippen molar-refractivity contribution in [1.82, 2.24) is 10.0 Å². The number of hydrazine groups is 1. The van der Waals surface area contributed by atoms with E-state index >= 15 is 0 Å². The van der Waals surface area contributed by atoms with Gasteiger partial charge in [-0.3, -0.25) is 9.80 Å². The molecule has 1 aliphatic rings. The van der Waals surface area contributed by atoms with Crippen LogP contribution in [0.1, 0.15) is 41.0 Å². The molecule has 13 heavy (non-hydrogen) atoms. The van der Waals surface area contributed by atoms with Gasteiger partial charge in [0.15, 0.2) is 0 Å². The minimum atomic E-state index is 0.0703. The van der Waals surface area contributed by atoms with Crippen LogP contribution in [0.25, 0.3) is 0 Å². The van der Waals surface area contributed by atoms with E-state index in [2.05, 4.69) is 25.8 Å². The van der Waals surface area contributed by atoms with E-state index in [9.17, 15) is 4.79 Å². The maximum absolute atomic E-state index is 11.1. The molecule has 78 valence electrons. The molecular weight excluding hydrogens is 164 g/mol. The average molecular weight is 186 g/mol. The molecule has 1 rings (SSSR count). The van der Waals surface area contributed by atoms with Gasteiger partial charge in [-0.15, -0.1) is 0 Å². The molecule has 1 saturated heterocycles. The van der Waals surface area contributed by atoms with Crippen molar-refractivity contribution in [2.45, 2.75) is 46.6 Å².